The minimum Gasteiger partial charge on any atom is -0.343 e. The van der Waals surface area contributed by atoms with Crippen molar-refractivity contribution in [2.24, 2.45) is 0 Å². The number of rotatable bonds is 5. The predicted molar refractivity (Wildman–Crippen MR) is 101 cm³/mol. The van der Waals surface area contributed by atoms with E-state index in [0.717, 1.165) is 11.6 Å². The highest BCUT2D eigenvalue weighted by Crippen LogP contribution is 2.33. The second-order valence-corrected chi connectivity index (χ2v) is 6.61. The summed E-state index contributed by atoms with van der Waals surface area (Å²) < 4.78 is 81.2. The molecule has 0 atom stereocenters. The number of carbonyl (C=O) groups excluding carboxylic acids is 2. The van der Waals surface area contributed by atoms with E-state index in [1.54, 1.807) is 19.1 Å². The van der Waals surface area contributed by atoms with Crippen molar-refractivity contribution in [3.05, 3.63) is 76.9 Å². The minimum atomic E-state index is -4.95. The van der Waals surface area contributed by atoms with E-state index in [-0.39, 0.29) is 5.69 Å². The number of carbonyl (C=O) groups is 2. The molecule has 6 nitrogen and oxygen atoms in total. The lowest BCUT2D eigenvalue weighted by Gasteiger charge is -2.13. The van der Waals surface area contributed by atoms with Gasteiger partial charge in [0.25, 0.3) is 5.91 Å². The number of aromatic nitrogens is 2. The van der Waals surface area contributed by atoms with Crippen LogP contribution in [0.25, 0.3) is 5.69 Å². The summed E-state index contributed by atoms with van der Waals surface area (Å²) in [5.41, 5.74) is -2.04. The molecule has 1 aromatic heterocycles. The van der Waals surface area contributed by atoms with Gasteiger partial charge in [-0.25, -0.2) is 17.9 Å². The Hall–Kier alpha value is -3.83. The van der Waals surface area contributed by atoms with Gasteiger partial charge in [0.2, 0.25) is 5.91 Å². The molecule has 0 aliphatic rings. The second kappa shape index (κ2) is 8.73. The van der Waals surface area contributed by atoms with Crippen molar-refractivity contribution in [2.45, 2.75) is 13.1 Å². The number of anilines is 1. The van der Waals surface area contributed by atoms with Crippen molar-refractivity contribution in [2.75, 3.05) is 11.9 Å². The van der Waals surface area contributed by atoms with E-state index in [0.29, 0.717) is 16.9 Å². The number of alkyl halides is 3. The average Bonchev–Trinajstić information content (AvgIpc) is 3.19. The summed E-state index contributed by atoms with van der Waals surface area (Å²) in [6.07, 6.45) is -4.25. The molecule has 32 heavy (non-hydrogen) atoms. The zero-order valence-corrected chi connectivity index (χ0v) is 16.2. The molecule has 0 fully saturated rings. The number of hydrogen-bond donors (Lipinski definition) is 2. The zero-order valence-electron chi connectivity index (χ0n) is 16.2. The van der Waals surface area contributed by atoms with Crippen LogP contribution in [0.2, 0.25) is 0 Å². The van der Waals surface area contributed by atoms with Gasteiger partial charge in [-0.2, -0.15) is 18.3 Å². The minimum absolute atomic E-state index is 0.0635. The molecule has 0 unspecified atom stereocenters. The van der Waals surface area contributed by atoms with Gasteiger partial charge >= 0.3 is 6.18 Å². The number of halogens is 6. The molecule has 0 saturated carbocycles. The second-order valence-electron chi connectivity index (χ2n) is 6.61. The highest BCUT2D eigenvalue weighted by atomic mass is 19.4. The fourth-order valence-corrected chi connectivity index (χ4v) is 2.74. The Bertz CT molecular complexity index is 1170. The summed E-state index contributed by atoms with van der Waals surface area (Å²) in [5.74, 6) is -7.30. The molecule has 168 valence electrons. The lowest BCUT2D eigenvalue weighted by molar-refractivity contribution is -0.143. The highest BCUT2D eigenvalue weighted by molar-refractivity contribution is 6.00. The van der Waals surface area contributed by atoms with Crippen LogP contribution in [0.5, 0.6) is 0 Å². The fraction of sp³-hybridized carbons (Fsp3) is 0.150. The Morgan fingerprint density at radius 1 is 1.00 bits per heavy atom. The molecule has 0 saturated heterocycles. The third-order valence-electron chi connectivity index (χ3n) is 4.28. The topological polar surface area (TPSA) is 76.0 Å². The summed E-state index contributed by atoms with van der Waals surface area (Å²) in [7, 11) is 0. The maximum absolute atomic E-state index is 13.6. The lowest BCUT2D eigenvalue weighted by atomic mass is 10.2. The van der Waals surface area contributed by atoms with E-state index >= 15 is 0 Å². The monoisotopic (exact) mass is 456 g/mol. The standard InChI is InChI=1S/C20H14F6N4O2/c1-10-2-4-11(5-3-10)30-18(20(24,25)26)12(8-28-30)19(32)27-9-15(31)29-14-7-6-13(21)16(22)17(14)23/h2-8H,9H2,1H3,(H,27,32)(H,29,31). The van der Waals surface area contributed by atoms with Crippen LogP contribution in [0, 0.1) is 24.4 Å². The van der Waals surface area contributed by atoms with Gasteiger partial charge in [0.1, 0.15) is 0 Å². The van der Waals surface area contributed by atoms with Crippen molar-refractivity contribution in [3.8, 4) is 5.69 Å². The van der Waals surface area contributed by atoms with Crippen molar-refractivity contribution < 1.29 is 35.9 Å². The third kappa shape index (κ3) is 4.74. The van der Waals surface area contributed by atoms with E-state index in [1.165, 1.54) is 12.1 Å². The largest absolute Gasteiger partial charge is 0.434 e. The van der Waals surface area contributed by atoms with Gasteiger partial charge in [0.15, 0.2) is 23.1 Å². The van der Waals surface area contributed by atoms with E-state index in [9.17, 15) is 35.9 Å². The molecule has 1 heterocycles. The average molecular weight is 456 g/mol. The van der Waals surface area contributed by atoms with Crippen LogP contribution in [0.3, 0.4) is 0 Å². The van der Waals surface area contributed by atoms with E-state index in [2.05, 4.69) is 5.10 Å². The van der Waals surface area contributed by atoms with E-state index < -0.39 is 58.9 Å². The molecule has 2 aromatic carbocycles. The number of nitrogens with one attached hydrogen (secondary N) is 2. The van der Waals surface area contributed by atoms with Gasteiger partial charge in [-0.05, 0) is 31.2 Å². The van der Waals surface area contributed by atoms with E-state index in [4.69, 9.17) is 0 Å². The SMILES string of the molecule is Cc1ccc(-n2ncc(C(=O)NCC(=O)Nc3ccc(F)c(F)c3F)c2C(F)(F)F)cc1. The Balaban J connectivity index is 1.77. The smallest absolute Gasteiger partial charge is 0.343 e. The summed E-state index contributed by atoms with van der Waals surface area (Å²) in [4.78, 5) is 24.2. The molecule has 0 radical (unpaired) electrons. The van der Waals surface area contributed by atoms with Gasteiger partial charge in [0, 0.05) is 0 Å². The lowest BCUT2D eigenvalue weighted by Crippen LogP contribution is -2.34. The maximum atomic E-state index is 13.6. The molecule has 3 rings (SSSR count). The molecule has 0 aliphatic heterocycles. The fourth-order valence-electron chi connectivity index (χ4n) is 2.74. The van der Waals surface area contributed by atoms with Crippen molar-refractivity contribution >= 4 is 17.5 Å². The van der Waals surface area contributed by atoms with Crippen molar-refractivity contribution in [1.82, 2.24) is 15.1 Å². The first-order valence-electron chi connectivity index (χ1n) is 8.93. The normalized spacial score (nSPS) is 11.3. The van der Waals surface area contributed by atoms with Gasteiger partial charge in [-0.15, -0.1) is 0 Å². The number of aryl methyl sites for hydroxylation is 1. The number of nitrogens with zero attached hydrogens (tertiary/aromatic N) is 2. The van der Waals surface area contributed by atoms with Crippen LogP contribution in [0.4, 0.5) is 32.0 Å². The summed E-state index contributed by atoms with van der Waals surface area (Å²) in [6.45, 7) is 0.873. The van der Waals surface area contributed by atoms with Gasteiger partial charge in [-0.3, -0.25) is 9.59 Å². The van der Waals surface area contributed by atoms with Gasteiger partial charge in [-0.1, -0.05) is 17.7 Å². The molecule has 0 spiro atoms. The number of amides is 2. The molecular formula is C20H14F6N4O2. The van der Waals surface area contributed by atoms with Gasteiger partial charge < -0.3 is 10.6 Å². The third-order valence-corrected chi connectivity index (χ3v) is 4.28. The van der Waals surface area contributed by atoms with Crippen LogP contribution in [-0.4, -0.2) is 28.1 Å². The Morgan fingerprint density at radius 2 is 1.66 bits per heavy atom. The maximum Gasteiger partial charge on any atom is 0.434 e. The first-order valence-corrected chi connectivity index (χ1v) is 8.93. The summed E-state index contributed by atoms with van der Waals surface area (Å²) >= 11 is 0. The molecule has 0 aliphatic carbocycles. The first kappa shape index (κ1) is 22.8. The number of benzene rings is 2. The van der Waals surface area contributed by atoms with Crippen molar-refractivity contribution in [1.29, 1.82) is 0 Å². The number of hydrogen-bond acceptors (Lipinski definition) is 3. The van der Waals surface area contributed by atoms with Crippen LogP contribution >= 0.6 is 0 Å². The molecule has 0 bridgehead atoms. The molecular weight excluding hydrogens is 442 g/mol. The Kier molecular flexibility index (Phi) is 6.23. The molecule has 2 N–H and O–H groups in total. The van der Waals surface area contributed by atoms with Crippen LogP contribution in [0.15, 0.2) is 42.6 Å². The summed E-state index contributed by atoms with van der Waals surface area (Å²) in [6, 6.07) is 7.24. The molecule has 12 heteroatoms. The zero-order chi connectivity index (χ0) is 23.6. The first-order chi connectivity index (χ1) is 15.0. The Labute approximate surface area is 176 Å². The van der Waals surface area contributed by atoms with Crippen LogP contribution in [-0.2, 0) is 11.0 Å². The van der Waals surface area contributed by atoms with Crippen LogP contribution in [0.1, 0.15) is 21.6 Å². The highest BCUT2D eigenvalue weighted by Gasteiger charge is 2.40. The Morgan fingerprint density at radius 3 is 2.28 bits per heavy atom. The molecule has 2 amide bonds. The van der Waals surface area contributed by atoms with Gasteiger partial charge in [0.05, 0.1) is 29.7 Å². The van der Waals surface area contributed by atoms with E-state index in [1.807, 2.05) is 10.6 Å². The molecule has 3 aromatic rings. The van der Waals surface area contributed by atoms with Crippen molar-refractivity contribution in [3.63, 3.8) is 0 Å². The van der Waals surface area contributed by atoms with Crippen LogP contribution < -0.4 is 10.6 Å². The quantitative estimate of drug-likeness (QED) is 0.451. The predicted octanol–water partition coefficient (Wildman–Crippen LogP) is 3.99. The summed E-state index contributed by atoms with van der Waals surface area (Å²) in [5, 5.41) is 7.48.